The van der Waals surface area contributed by atoms with Crippen molar-refractivity contribution in [1.82, 2.24) is 4.98 Å². The average molecular weight is 364 g/mol. The molecule has 0 aliphatic carbocycles. The minimum Gasteiger partial charge on any atom is -0.497 e. The van der Waals surface area contributed by atoms with E-state index in [1.54, 1.807) is 32.0 Å². The van der Waals surface area contributed by atoms with Crippen LogP contribution in [0.15, 0.2) is 18.2 Å². The Hall–Kier alpha value is -3.10. The second-order valence-electron chi connectivity index (χ2n) is 5.37. The third-order valence-electron chi connectivity index (χ3n) is 3.80. The van der Waals surface area contributed by atoms with Crippen LogP contribution in [0, 0.1) is 10.1 Å². The Morgan fingerprint density at radius 2 is 1.92 bits per heavy atom. The van der Waals surface area contributed by atoms with Gasteiger partial charge in [0.1, 0.15) is 11.4 Å². The summed E-state index contributed by atoms with van der Waals surface area (Å²) in [7, 11) is 1.48. The van der Waals surface area contributed by atoms with E-state index in [1.807, 2.05) is 0 Å². The first-order valence-corrected chi connectivity index (χ1v) is 8.08. The molecule has 0 saturated heterocycles. The van der Waals surface area contributed by atoms with Gasteiger partial charge >= 0.3 is 18.0 Å². The third kappa shape index (κ3) is 3.93. The molecular formula is C17H20N2O7. The van der Waals surface area contributed by atoms with Gasteiger partial charge in [-0.15, -0.1) is 0 Å². The smallest absolute Gasteiger partial charge is 0.382 e. The van der Waals surface area contributed by atoms with Crippen LogP contribution in [0.25, 0.3) is 10.9 Å². The highest BCUT2D eigenvalue weighted by Crippen LogP contribution is 2.29. The van der Waals surface area contributed by atoms with E-state index < -0.39 is 22.9 Å². The molecule has 2 rings (SSSR count). The summed E-state index contributed by atoms with van der Waals surface area (Å²) in [5.41, 5.74) is 0.966. The van der Waals surface area contributed by atoms with E-state index in [-0.39, 0.29) is 25.3 Å². The number of H-pyrrole nitrogens is 1. The summed E-state index contributed by atoms with van der Waals surface area (Å²) in [4.78, 5) is 37.8. The number of benzene rings is 1. The lowest BCUT2D eigenvalue weighted by Gasteiger charge is -2.10. The van der Waals surface area contributed by atoms with E-state index in [9.17, 15) is 19.7 Å². The van der Waals surface area contributed by atoms with E-state index >= 15 is 0 Å². The zero-order valence-corrected chi connectivity index (χ0v) is 14.7. The number of methoxy groups -OCH3 is 1. The molecule has 1 unspecified atom stereocenters. The Kier molecular flexibility index (Phi) is 6.16. The highest BCUT2D eigenvalue weighted by molar-refractivity contribution is 5.99. The quantitative estimate of drug-likeness (QED) is 0.432. The van der Waals surface area contributed by atoms with Crippen molar-refractivity contribution in [2.24, 2.45) is 0 Å². The molecule has 1 aromatic carbocycles. The maximum Gasteiger partial charge on any atom is 0.382 e. The Morgan fingerprint density at radius 3 is 2.50 bits per heavy atom. The first-order chi connectivity index (χ1) is 12.4. The Morgan fingerprint density at radius 1 is 1.23 bits per heavy atom. The van der Waals surface area contributed by atoms with Gasteiger partial charge in [-0.25, -0.2) is 9.59 Å². The van der Waals surface area contributed by atoms with Gasteiger partial charge in [0.15, 0.2) is 0 Å². The number of nitro groups is 1. The van der Waals surface area contributed by atoms with Crippen LogP contribution in [0.1, 0.15) is 29.9 Å². The molecule has 0 amide bonds. The lowest BCUT2D eigenvalue weighted by molar-refractivity contribution is -0.510. The molecule has 1 atom stereocenters. The SMILES string of the molecule is CCOC(=O)c1[nH]c2ccc(OC)cc2c1CC(C(=O)OCC)[N+](=O)[O-]. The minimum atomic E-state index is -1.63. The normalized spacial score (nSPS) is 11.8. The maximum atomic E-state index is 12.3. The van der Waals surface area contributed by atoms with Crippen molar-refractivity contribution in [3.05, 3.63) is 39.6 Å². The Bertz CT molecular complexity index is 828. The van der Waals surface area contributed by atoms with Crippen LogP contribution in [-0.4, -0.2) is 48.2 Å². The summed E-state index contributed by atoms with van der Waals surface area (Å²) in [6.07, 6.45) is -0.312. The predicted octanol–water partition coefficient (Wildman–Crippen LogP) is 2.10. The van der Waals surface area contributed by atoms with Crippen LogP contribution >= 0.6 is 0 Å². The molecule has 0 aliphatic heterocycles. The van der Waals surface area contributed by atoms with Crippen LogP contribution in [0.2, 0.25) is 0 Å². The molecule has 1 heterocycles. The largest absolute Gasteiger partial charge is 0.497 e. The number of nitrogens with one attached hydrogen (secondary N) is 1. The van der Waals surface area contributed by atoms with Crippen LogP contribution in [0.4, 0.5) is 0 Å². The van der Waals surface area contributed by atoms with Gasteiger partial charge in [0, 0.05) is 15.8 Å². The molecule has 2 aromatic rings. The fraction of sp³-hybridized carbons (Fsp3) is 0.412. The fourth-order valence-corrected chi connectivity index (χ4v) is 2.62. The first kappa shape index (κ1) is 19.2. The number of esters is 2. The highest BCUT2D eigenvalue weighted by Gasteiger charge is 2.34. The Labute approximate surface area is 149 Å². The second-order valence-corrected chi connectivity index (χ2v) is 5.37. The molecule has 1 aromatic heterocycles. The van der Waals surface area contributed by atoms with E-state index in [0.717, 1.165) is 0 Å². The summed E-state index contributed by atoms with van der Waals surface area (Å²) in [5.74, 6) is -1.09. The standard InChI is InChI=1S/C17H20N2O7/c1-4-25-16(20)14(19(22)23)9-12-11-8-10(24-3)6-7-13(11)18-15(12)17(21)26-5-2/h6-8,14,18H,4-5,9H2,1-3H3. The monoisotopic (exact) mass is 364 g/mol. The molecule has 0 bridgehead atoms. The van der Waals surface area contributed by atoms with Crippen molar-refractivity contribution >= 4 is 22.8 Å². The fourth-order valence-electron chi connectivity index (χ4n) is 2.62. The first-order valence-electron chi connectivity index (χ1n) is 8.08. The number of rotatable bonds is 8. The molecule has 9 heteroatoms. The van der Waals surface area contributed by atoms with E-state index in [1.165, 1.54) is 7.11 Å². The number of ether oxygens (including phenoxy) is 3. The number of hydrogen-bond acceptors (Lipinski definition) is 7. The van der Waals surface area contributed by atoms with Crippen LogP contribution < -0.4 is 4.74 Å². The number of aromatic amines is 1. The number of hydrogen-bond donors (Lipinski definition) is 1. The van der Waals surface area contributed by atoms with Crippen molar-refractivity contribution in [2.45, 2.75) is 26.3 Å². The molecule has 0 spiro atoms. The lowest BCUT2D eigenvalue weighted by Crippen LogP contribution is -2.34. The molecule has 0 aliphatic rings. The number of aromatic nitrogens is 1. The number of fused-ring (bicyclic) bond motifs is 1. The summed E-state index contributed by atoms with van der Waals surface area (Å²) in [6.45, 7) is 3.39. The molecule has 9 nitrogen and oxygen atoms in total. The van der Waals surface area contributed by atoms with Crippen molar-refractivity contribution in [3.63, 3.8) is 0 Å². The zero-order chi connectivity index (χ0) is 19.3. The van der Waals surface area contributed by atoms with Crippen LogP contribution in [-0.2, 0) is 20.7 Å². The molecule has 0 fully saturated rings. The summed E-state index contributed by atoms with van der Waals surface area (Å²) >= 11 is 0. The lowest BCUT2D eigenvalue weighted by atomic mass is 10.0. The molecule has 26 heavy (non-hydrogen) atoms. The van der Waals surface area contributed by atoms with Gasteiger partial charge < -0.3 is 19.2 Å². The van der Waals surface area contributed by atoms with Gasteiger partial charge in [0.05, 0.1) is 26.7 Å². The van der Waals surface area contributed by atoms with Gasteiger partial charge in [0.2, 0.25) is 0 Å². The van der Waals surface area contributed by atoms with Gasteiger partial charge in [-0.1, -0.05) is 0 Å². The second kappa shape index (κ2) is 8.32. The maximum absolute atomic E-state index is 12.3. The summed E-state index contributed by atoms with van der Waals surface area (Å²) in [6, 6.07) is 3.39. The topological polar surface area (TPSA) is 121 Å². The van der Waals surface area contributed by atoms with E-state index in [2.05, 4.69) is 4.98 Å². The van der Waals surface area contributed by atoms with E-state index in [4.69, 9.17) is 14.2 Å². The molecule has 140 valence electrons. The van der Waals surface area contributed by atoms with Crippen LogP contribution in [0.5, 0.6) is 5.75 Å². The van der Waals surface area contributed by atoms with Gasteiger partial charge in [-0.05, 0) is 37.6 Å². The van der Waals surface area contributed by atoms with Gasteiger partial charge in [-0.2, -0.15) is 0 Å². The molecular weight excluding hydrogens is 344 g/mol. The van der Waals surface area contributed by atoms with Crippen molar-refractivity contribution in [2.75, 3.05) is 20.3 Å². The molecule has 0 radical (unpaired) electrons. The predicted molar refractivity (Wildman–Crippen MR) is 91.9 cm³/mol. The van der Waals surface area contributed by atoms with Crippen molar-refractivity contribution in [3.8, 4) is 5.75 Å². The summed E-state index contributed by atoms with van der Waals surface area (Å²) in [5, 5.41) is 11.9. The van der Waals surface area contributed by atoms with Gasteiger partial charge in [0.25, 0.3) is 0 Å². The highest BCUT2D eigenvalue weighted by atomic mass is 16.6. The average Bonchev–Trinajstić information content (AvgIpc) is 2.97. The third-order valence-corrected chi connectivity index (χ3v) is 3.80. The van der Waals surface area contributed by atoms with Crippen molar-refractivity contribution < 1.29 is 28.7 Å². The van der Waals surface area contributed by atoms with Crippen LogP contribution in [0.3, 0.4) is 0 Å². The van der Waals surface area contributed by atoms with Crippen molar-refractivity contribution in [1.29, 1.82) is 0 Å². The Balaban J connectivity index is 2.56. The molecule has 1 N–H and O–H groups in total. The zero-order valence-electron chi connectivity index (χ0n) is 14.7. The minimum absolute atomic E-state index is 0.0234. The number of nitrogens with zero attached hydrogens (tertiary/aromatic N) is 1. The number of carbonyl (C=O) groups is 2. The van der Waals surface area contributed by atoms with E-state index in [0.29, 0.717) is 22.2 Å². The number of carbonyl (C=O) groups excluding carboxylic acids is 2. The summed E-state index contributed by atoms with van der Waals surface area (Å²) < 4.78 is 15.0. The van der Waals surface area contributed by atoms with Gasteiger partial charge in [-0.3, -0.25) is 10.1 Å². The molecule has 0 saturated carbocycles.